The van der Waals surface area contributed by atoms with Gasteiger partial charge >= 0.3 is 0 Å². The number of nitrogens with zero attached hydrogens (tertiary/aromatic N) is 1. The smallest absolute Gasteiger partial charge is 0.187 e. The molecule has 1 nitrogen and oxygen atoms in total. The first-order chi connectivity index (χ1) is 11.3. The number of hydrogen-bond donors (Lipinski definition) is 0. The second kappa shape index (κ2) is 4.79. The van der Waals surface area contributed by atoms with E-state index in [1.807, 2.05) is 0 Å². The highest BCUT2D eigenvalue weighted by atomic mass is 15.0. The molecule has 0 unspecified atom stereocenters. The number of fused-ring (bicyclic) bond motifs is 4. The molecule has 5 rings (SSSR count). The molecule has 2 aromatic carbocycles. The summed E-state index contributed by atoms with van der Waals surface area (Å²) in [4.78, 5) is 0. The van der Waals surface area contributed by atoms with Crippen LogP contribution in [-0.4, -0.2) is 0 Å². The van der Waals surface area contributed by atoms with Gasteiger partial charge in [0.15, 0.2) is 6.54 Å². The van der Waals surface area contributed by atoms with Crippen molar-refractivity contribution in [3.05, 3.63) is 71.4 Å². The van der Waals surface area contributed by atoms with E-state index in [1.54, 1.807) is 11.1 Å². The Morgan fingerprint density at radius 3 is 2.65 bits per heavy atom. The van der Waals surface area contributed by atoms with Gasteiger partial charge in [-0.3, -0.25) is 0 Å². The summed E-state index contributed by atoms with van der Waals surface area (Å²) in [6.45, 7) is 3.28. The summed E-state index contributed by atoms with van der Waals surface area (Å²) in [5.41, 5.74) is 10.1. The highest BCUT2D eigenvalue weighted by molar-refractivity contribution is 5.95. The Morgan fingerprint density at radius 1 is 0.913 bits per heavy atom. The van der Waals surface area contributed by atoms with Crippen molar-refractivity contribution >= 4 is 16.5 Å². The molecule has 0 N–H and O–H groups in total. The van der Waals surface area contributed by atoms with E-state index in [2.05, 4.69) is 66.1 Å². The Kier molecular flexibility index (Phi) is 2.72. The van der Waals surface area contributed by atoms with E-state index in [1.165, 1.54) is 52.5 Å². The summed E-state index contributed by atoms with van der Waals surface area (Å²) < 4.78 is 2.53. The zero-order valence-electron chi connectivity index (χ0n) is 13.5. The maximum Gasteiger partial charge on any atom is 0.213 e. The number of rotatable bonds is 1. The number of pyridine rings is 1. The molecule has 23 heavy (non-hydrogen) atoms. The van der Waals surface area contributed by atoms with Gasteiger partial charge in [-0.15, -0.1) is 0 Å². The fourth-order valence-corrected chi connectivity index (χ4v) is 4.28. The van der Waals surface area contributed by atoms with Gasteiger partial charge in [-0.1, -0.05) is 42.0 Å². The van der Waals surface area contributed by atoms with Crippen LogP contribution in [0.25, 0.3) is 27.6 Å². The Bertz CT molecular complexity index is 964. The molecule has 0 atom stereocenters. The van der Waals surface area contributed by atoms with Crippen molar-refractivity contribution in [1.82, 2.24) is 0 Å². The molecule has 2 heterocycles. The maximum atomic E-state index is 2.53. The topological polar surface area (TPSA) is 3.88 Å². The van der Waals surface area contributed by atoms with Crippen LogP contribution in [-0.2, 0) is 6.54 Å². The van der Waals surface area contributed by atoms with Gasteiger partial charge in [0.25, 0.3) is 0 Å². The van der Waals surface area contributed by atoms with Gasteiger partial charge in [0, 0.05) is 28.8 Å². The summed E-state index contributed by atoms with van der Waals surface area (Å²) in [6.07, 6.45) is 3.86. The van der Waals surface area contributed by atoms with E-state index >= 15 is 0 Å². The lowest BCUT2D eigenvalue weighted by molar-refractivity contribution is -0.660. The van der Waals surface area contributed by atoms with Gasteiger partial charge in [0.1, 0.15) is 0 Å². The van der Waals surface area contributed by atoms with Crippen LogP contribution >= 0.6 is 0 Å². The number of aryl methyl sites for hydroxylation is 1. The normalized spacial score (nSPS) is 16.0. The van der Waals surface area contributed by atoms with E-state index in [9.17, 15) is 0 Å². The van der Waals surface area contributed by atoms with E-state index in [-0.39, 0.29) is 0 Å². The highest BCUT2D eigenvalue weighted by Crippen LogP contribution is 2.40. The van der Waals surface area contributed by atoms with Crippen LogP contribution < -0.4 is 4.57 Å². The van der Waals surface area contributed by atoms with Crippen LogP contribution in [0.15, 0.2) is 60.2 Å². The molecule has 112 valence electrons. The molecule has 1 aliphatic heterocycles. The van der Waals surface area contributed by atoms with Crippen molar-refractivity contribution in [2.75, 3.05) is 0 Å². The third-order valence-electron chi connectivity index (χ3n) is 5.38. The fraction of sp³-hybridized carbons (Fsp3) is 0.227. The van der Waals surface area contributed by atoms with Crippen molar-refractivity contribution in [3.8, 4) is 11.1 Å². The Labute approximate surface area is 136 Å². The molecule has 0 bridgehead atoms. The standard InChI is InChI=1S/C22H20N/c1-15-10-11-21-20(12-15)19(16-6-3-2-4-7-16)13-22-18-9-5-8-17(18)14-23(21)22/h2-4,6-7,10-13H,5,8-9,14H2,1H3/q+1. The van der Waals surface area contributed by atoms with E-state index < -0.39 is 0 Å². The molecule has 1 aliphatic carbocycles. The average Bonchev–Trinajstić information content (AvgIpc) is 3.16. The molecule has 0 spiro atoms. The van der Waals surface area contributed by atoms with Crippen molar-refractivity contribution in [3.63, 3.8) is 0 Å². The lowest BCUT2D eigenvalue weighted by Crippen LogP contribution is -2.36. The molecule has 0 saturated heterocycles. The summed E-state index contributed by atoms with van der Waals surface area (Å²) >= 11 is 0. The van der Waals surface area contributed by atoms with Crippen LogP contribution in [0.3, 0.4) is 0 Å². The van der Waals surface area contributed by atoms with E-state index in [4.69, 9.17) is 0 Å². The van der Waals surface area contributed by atoms with Crippen LogP contribution in [0.5, 0.6) is 0 Å². The minimum absolute atomic E-state index is 1.10. The Balaban J connectivity index is 1.87. The zero-order valence-corrected chi connectivity index (χ0v) is 13.5. The second-order valence-corrected chi connectivity index (χ2v) is 6.85. The van der Waals surface area contributed by atoms with E-state index in [0.29, 0.717) is 0 Å². The summed E-state index contributed by atoms with van der Waals surface area (Å²) in [5.74, 6) is 0. The molecular weight excluding hydrogens is 278 g/mol. The fourth-order valence-electron chi connectivity index (χ4n) is 4.28. The first-order valence-corrected chi connectivity index (χ1v) is 8.55. The van der Waals surface area contributed by atoms with Crippen LogP contribution in [0, 0.1) is 6.92 Å². The van der Waals surface area contributed by atoms with Crippen molar-refractivity contribution in [2.45, 2.75) is 32.7 Å². The highest BCUT2D eigenvalue weighted by Gasteiger charge is 2.34. The second-order valence-electron chi connectivity index (χ2n) is 6.85. The predicted molar refractivity (Wildman–Crippen MR) is 95.1 cm³/mol. The molecule has 0 saturated carbocycles. The molecule has 3 aromatic rings. The molecule has 0 radical (unpaired) electrons. The number of aromatic nitrogens is 1. The average molecular weight is 298 g/mol. The maximum absolute atomic E-state index is 2.53. The summed E-state index contributed by atoms with van der Waals surface area (Å²) in [5, 5.41) is 1.38. The molecule has 1 heteroatoms. The minimum atomic E-state index is 1.10. The molecule has 2 aliphatic rings. The quantitative estimate of drug-likeness (QED) is 0.553. The van der Waals surface area contributed by atoms with E-state index in [0.717, 1.165) is 6.54 Å². The first-order valence-electron chi connectivity index (χ1n) is 8.55. The van der Waals surface area contributed by atoms with Gasteiger partial charge in [-0.05, 0) is 37.8 Å². The lowest BCUT2D eigenvalue weighted by atomic mass is 9.97. The van der Waals surface area contributed by atoms with Gasteiger partial charge in [0.2, 0.25) is 11.2 Å². The number of hydrogen-bond acceptors (Lipinski definition) is 0. The van der Waals surface area contributed by atoms with Gasteiger partial charge in [0.05, 0.1) is 5.39 Å². The number of allylic oxidation sites excluding steroid dienone is 2. The van der Waals surface area contributed by atoms with Crippen LogP contribution in [0.4, 0.5) is 0 Å². The van der Waals surface area contributed by atoms with Gasteiger partial charge in [-0.2, -0.15) is 4.57 Å². The van der Waals surface area contributed by atoms with Crippen LogP contribution in [0.1, 0.15) is 30.5 Å². The SMILES string of the molecule is Cc1ccc2c(c1)c(-c1ccccc1)cc1[n+]2CC2=C1CCC2. The zero-order chi connectivity index (χ0) is 15.4. The first kappa shape index (κ1) is 13.1. The Morgan fingerprint density at radius 2 is 1.78 bits per heavy atom. The van der Waals surface area contributed by atoms with Crippen molar-refractivity contribution in [1.29, 1.82) is 0 Å². The largest absolute Gasteiger partial charge is 0.213 e. The summed E-state index contributed by atoms with van der Waals surface area (Å²) in [7, 11) is 0. The van der Waals surface area contributed by atoms with Crippen LogP contribution in [0.2, 0.25) is 0 Å². The molecular formula is C22H20N+. The number of benzene rings is 2. The molecule has 1 aromatic heterocycles. The Hall–Kier alpha value is -2.41. The van der Waals surface area contributed by atoms with Gasteiger partial charge in [-0.25, -0.2) is 0 Å². The third-order valence-corrected chi connectivity index (χ3v) is 5.38. The lowest BCUT2D eigenvalue weighted by Gasteiger charge is -2.10. The predicted octanol–water partition coefficient (Wildman–Crippen LogP) is 5.05. The molecule has 0 fully saturated rings. The van der Waals surface area contributed by atoms with Crippen molar-refractivity contribution in [2.24, 2.45) is 0 Å². The minimum Gasteiger partial charge on any atom is -0.187 e. The van der Waals surface area contributed by atoms with Gasteiger partial charge < -0.3 is 0 Å². The summed E-state index contributed by atoms with van der Waals surface area (Å²) in [6, 6.07) is 20.2. The molecule has 0 amide bonds. The third kappa shape index (κ3) is 1.89. The monoisotopic (exact) mass is 298 g/mol. The van der Waals surface area contributed by atoms with Crippen molar-refractivity contribution < 1.29 is 4.57 Å².